The van der Waals surface area contributed by atoms with E-state index in [1.807, 2.05) is 66.0 Å². The van der Waals surface area contributed by atoms with Crippen LogP contribution in [0.5, 0.6) is 0 Å². The number of allylic oxidation sites excluding steroid dienone is 2. The lowest BCUT2D eigenvalue weighted by atomic mass is 9.91. The molecule has 3 heterocycles. The number of imidazole rings is 1. The minimum Gasteiger partial charge on any atom is -0.465 e. The van der Waals surface area contributed by atoms with Crippen LogP contribution in [0, 0.1) is 47.3 Å². The molecule has 0 aliphatic carbocycles. The highest BCUT2D eigenvalue weighted by atomic mass is 16.5. The third kappa shape index (κ3) is 28.3. The van der Waals surface area contributed by atoms with Crippen LogP contribution in [0.2, 0.25) is 0 Å². The summed E-state index contributed by atoms with van der Waals surface area (Å²) in [7, 11) is 9.92. The molecule has 12 atom stereocenters. The molecule has 0 saturated carbocycles. The predicted octanol–water partition coefficient (Wildman–Crippen LogP) is 3.81. The molecule has 32 heteroatoms. The van der Waals surface area contributed by atoms with Crippen LogP contribution in [0.4, 0.5) is 5.95 Å². The van der Waals surface area contributed by atoms with Gasteiger partial charge in [0.1, 0.15) is 65.9 Å². The van der Waals surface area contributed by atoms with Crippen molar-refractivity contribution in [1.29, 1.82) is 0 Å². The van der Waals surface area contributed by atoms with Crippen LogP contribution in [0.15, 0.2) is 24.7 Å². The van der Waals surface area contributed by atoms with Crippen molar-refractivity contribution in [2.45, 2.75) is 250 Å². The van der Waals surface area contributed by atoms with E-state index in [4.69, 9.17) is 15.2 Å². The predicted molar refractivity (Wildman–Crippen MR) is 410 cm³/mol. The lowest BCUT2D eigenvalue weighted by molar-refractivity contribution is -0.157. The third-order valence-corrected chi connectivity index (χ3v) is 19.3. The van der Waals surface area contributed by atoms with E-state index in [1.165, 1.54) is 102 Å². The summed E-state index contributed by atoms with van der Waals surface area (Å²) in [5, 5.41) is 23.1. The Balaban J connectivity index is 0.00000145. The van der Waals surface area contributed by atoms with Gasteiger partial charge in [-0.1, -0.05) is 109 Å². The van der Waals surface area contributed by atoms with Gasteiger partial charge in [-0.25, -0.2) is 9.97 Å². The van der Waals surface area contributed by atoms with Gasteiger partial charge in [0, 0.05) is 75.6 Å². The number of likely N-dealkylation sites (N-methyl/N-ethyl adjacent to an activating group) is 7. The van der Waals surface area contributed by atoms with Crippen molar-refractivity contribution in [3.8, 4) is 0 Å². The molecule has 0 bridgehead atoms. The van der Waals surface area contributed by atoms with E-state index in [1.54, 1.807) is 67.1 Å². The first-order valence-corrected chi connectivity index (χ1v) is 37.7. The van der Waals surface area contributed by atoms with Gasteiger partial charge in [-0.15, -0.1) is 0 Å². The monoisotopic (exact) mass is 1520 g/mol. The number of nitrogens with zero attached hydrogens (tertiary/aromatic N) is 11. The molecule has 2 aromatic heterocycles. The van der Waals surface area contributed by atoms with E-state index in [-0.39, 0.29) is 92.8 Å². The molecule has 1 fully saturated rings. The summed E-state index contributed by atoms with van der Waals surface area (Å²) in [5.74, 6) is -10.4. The Morgan fingerprint density at radius 3 is 1.51 bits per heavy atom. The quantitative estimate of drug-likeness (QED) is 0.0721. The minimum atomic E-state index is -1.61. The summed E-state index contributed by atoms with van der Waals surface area (Å²) in [6.07, 6.45) is 6.87. The maximum Gasteiger partial charge on any atom is 0.302 e. The number of rotatable bonds is 22. The molecular weight excluding hydrogens is 1390 g/mol. The average Bonchev–Trinajstić information content (AvgIpc) is 0.971. The van der Waals surface area contributed by atoms with Crippen molar-refractivity contribution in [3.63, 3.8) is 0 Å². The van der Waals surface area contributed by atoms with E-state index < -0.39 is 156 Å². The maximum absolute atomic E-state index is 15.1. The van der Waals surface area contributed by atoms with Crippen LogP contribution >= 0.6 is 0 Å². The number of hydrogen-bond donors (Lipinski definition) is 6. The molecule has 7 N–H and O–H groups in total. The van der Waals surface area contributed by atoms with Gasteiger partial charge < -0.3 is 80.4 Å². The highest BCUT2D eigenvalue weighted by molar-refractivity contribution is 5.99. The second-order valence-corrected chi connectivity index (χ2v) is 31.2. The number of aryl methyl sites for hydroxylation is 1. The fourth-order valence-corrected chi connectivity index (χ4v) is 12.7. The maximum atomic E-state index is 15.1. The number of aliphatic hydroxyl groups excluding tert-OH is 1. The molecule has 1 aliphatic heterocycles. The Morgan fingerprint density at radius 2 is 1.03 bits per heavy atom. The zero-order chi connectivity index (χ0) is 82.8. The molecule has 11 amide bonds. The number of carbonyl (C=O) groups excluding carboxylic acids is 13. The zero-order valence-electron chi connectivity index (χ0n) is 69.1. The van der Waals surface area contributed by atoms with Crippen molar-refractivity contribution in [2.75, 3.05) is 74.8 Å². The van der Waals surface area contributed by atoms with Gasteiger partial charge in [0.05, 0.1) is 38.4 Å². The van der Waals surface area contributed by atoms with Gasteiger partial charge in [0.15, 0.2) is 5.65 Å². The summed E-state index contributed by atoms with van der Waals surface area (Å²) in [6, 6.07) is -12.3. The molecule has 3 rings (SSSR count). The Morgan fingerprint density at radius 1 is 0.565 bits per heavy atom. The fraction of sp³-hybridized carbons (Fsp3) is 0.737. The molecule has 32 nitrogen and oxygen atoms in total. The SMILES string of the molecule is C/C=C/C[C@@H](C)[C@@H](O)[C@H]1C(=O)N[C@@H](CC)C(=O)N(C)CC(=O)N(C)[C@@H](CC(C)C)C(=O)N[C@@H](C(C)C)C(=O)N(C)[C@@H](CC(C)C)C(=O)N[C@@H](C)C(=O)N[C@H](C)C(=O)N(C)[C@@H](CC(C)C)C(=O)N(C)[C@@H](CC(C)C)C(=O)N(C)[C@@H](C(C)C)C(=O)N1C.CC(=O)OCC(CCn1cnc2cnc(N)nc21)COC(C)=O. The number of anilines is 1. The number of aromatic nitrogens is 4. The number of esters is 2. The number of nitrogens with one attached hydrogen (secondary N) is 4. The van der Waals surface area contributed by atoms with E-state index in [2.05, 4.69) is 36.2 Å². The largest absolute Gasteiger partial charge is 0.465 e. The van der Waals surface area contributed by atoms with Gasteiger partial charge in [0.25, 0.3) is 0 Å². The number of nitrogen functional groups attached to an aromatic ring is 1. The Kier molecular flexibility index (Phi) is 39.3. The van der Waals surface area contributed by atoms with E-state index >= 15 is 9.59 Å². The number of fused-ring (bicyclic) bond motifs is 1. The molecule has 0 unspecified atom stereocenters. The van der Waals surface area contributed by atoms with Crippen LogP contribution in [0.1, 0.15) is 176 Å². The lowest BCUT2D eigenvalue weighted by Crippen LogP contribution is -2.63. The third-order valence-electron chi connectivity index (χ3n) is 19.3. The van der Waals surface area contributed by atoms with Crippen LogP contribution in [-0.4, -0.2) is 271 Å². The summed E-state index contributed by atoms with van der Waals surface area (Å²) in [5.41, 5.74) is 6.88. The van der Waals surface area contributed by atoms with Crippen molar-refractivity contribution < 1.29 is 76.9 Å². The van der Waals surface area contributed by atoms with Crippen LogP contribution in [0.3, 0.4) is 0 Å². The topological polar surface area (TPSA) is 401 Å². The van der Waals surface area contributed by atoms with E-state index in [9.17, 15) is 57.8 Å². The summed E-state index contributed by atoms with van der Waals surface area (Å²) in [6.45, 7) is 33.0. The number of hydrogen-bond acceptors (Lipinski definition) is 20. The fourth-order valence-electron chi connectivity index (χ4n) is 12.7. The number of carbonyl (C=O) groups is 13. The first-order chi connectivity index (χ1) is 50.2. The van der Waals surface area contributed by atoms with Crippen LogP contribution in [0.25, 0.3) is 11.2 Å². The van der Waals surface area contributed by atoms with Gasteiger partial charge in [0.2, 0.25) is 70.9 Å². The standard InChI is InChI=1S/C62H111N11O12.C14H19N5O4/c1-25-27-28-40(15)52(75)51-56(79)65-43(26-2)58(81)67(18)33-48(74)68(19)44(29-34(3)4)55(78)66-49(38(11)12)61(84)69(20)45(30-35(5)6)54(77)63-41(16)53(76)64-42(17)57(80)70(21)46(31-36(7)8)59(82)71(22)47(32-37(9)10)60(83)72(23)50(39(13)14)62(85)73(51)24;1-9(20)22-6-11(7-23-10(2)21)3-4-19-8-17-12-5-16-14(15)18-13(12)19/h25,27,34-47,49-52,75H,26,28-33H2,1-24H3,(H,63,77)(H,64,76)(H,65,79)(H,66,78);5,8,11H,3-4,6-7H2,1-2H3,(H2,15,16,18)/b27-25+;/t40-,41+,42-,43+,44+,45+,46+,47+,49+,50+,51+,52-;/m1./s1. The van der Waals surface area contributed by atoms with Gasteiger partial charge in [-0.3, -0.25) is 62.3 Å². The van der Waals surface area contributed by atoms with E-state index in [0.29, 0.717) is 30.6 Å². The molecule has 1 aliphatic rings. The van der Waals surface area contributed by atoms with E-state index in [0.717, 1.165) is 9.80 Å². The summed E-state index contributed by atoms with van der Waals surface area (Å²) >= 11 is 0. The Bertz CT molecular complexity index is 3380. The Labute approximate surface area is 639 Å². The first-order valence-electron chi connectivity index (χ1n) is 37.7. The smallest absolute Gasteiger partial charge is 0.302 e. The van der Waals surface area contributed by atoms with Crippen molar-refractivity contribution in [3.05, 3.63) is 24.7 Å². The minimum absolute atomic E-state index is 0.0229. The Hall–Kier alpha value is -8.84. The molecule has 108 heavy (non-hydrogen) atoms. The lowest BCUT2D eigenvalue weighted by Gasteiger charge is -2.41. The van der Waals surface area contributed by atoms with Crippen molar-refractivity contribution in [2.24, 2.45) is 47.3 Å². The van der Waals surface area contributed by atoms with Gasteiger partial charge >= 0.3 is 11.9 Å². The van der Waals surface area contributed by atoms with Gasteiger partial charge in [-0.2, -0.15) is 4.98 Å². The second-order valence-electron chi connectivity index (χ2n) is 31.2. The zero-order valence-corrected chi connectivity index (χ0v) is 69.1. The molecule has 0 spiro atoms. The van der Waals surface area contributed by atoms with Gasteiger partial charge in [-0.05, 0) is 107 Å². The summed E-state index contributed by atoms with van der Waals surface area (Å²) in [4.78, 5) is 203. The van der Waals surface area contributed by atoms with Crippen molar-refractivity contribution >= 4 is 94.0 Å². The number of aliphatic hydroxyl groups is 1. The molecule has 2 aromatic rings. The van der Waals surface area contributed by atoms with Crippen LogP contribution in [-0.2, 0) is 78.3 Å². The van der Waals surface area contributed by atoms with Crippen LogP contribution < -0.4 is 27.0 Å². The molecule has 0 aromatic carbocycles. The summed E-state index contributed by atoms with van der Waals surface area (Å²) < 4.78 is 11.9. The molecule has 1 saturated heterocycles. The molecule has 610 valence electrons. The first kappa shape index (κ1) is 95.2. The number of nitrogens with two attached hydrogens (primary N) is 1. The highest BCUT2D eigenvalue weighted by Gasteiger charge is 2.46. The average molecular weight is 1520 g/mol. The highest BCUT2D eigenvalue weighted by Crippen LogP contribution is 2.26. The number of ether oxygens (including phenoxy) is 2. The molecule has 0 radical (unpaired) electrons. The second kappa shape index (κ2) is 44.6. The van der Waals surface area contributed by atoms with Crippen molar-refractivity contribution in [1.82, 2.24) is 75.1 Å². The molecular formula is C76H130N16O16. The normalized spacial score (nSPS) is 23.5. The number of amides is 11.